The van der Waals surface area contributed by atoms with E-state index < -0.39 is 0 Å². The van der Waals surface area contributed by atoms with Crippen LogP contribution in [-0.4, -0.2) is 11.5 Å². The Bertz CT molecular complexity index is 571. The number of fused-ring (bicyclic) bond motifs is 3. The van der Waals surface area contributed by atoms with Gasteiger partial charge in [-0.15, -0.1) is 0 Å². The van der Waals surface area contributed by atoms with Crippen LogP contribution in [-0.2, 0) is 6.42 Å². The first kappa shape index (κ1) is 11.7. The molecule has 3 rings (SSSR count). The van der Waals surface area contributed by atoms with Gasteiger partial charge in [-0.3, -0.25) is 0 Å². The largest absolute Gasteiger partial charge is 0.357 e. The van der Waals surface area contributed by atoms with E-state index >= 15 is 0 Å². The molecule has 2 nitrogen and oxygen atoms in total. The minimum Gasteiger partial charge on any atom is -0.357 e. The van der Waals surface area contributed by atoms with Crippen LogP contribution in [0.2, 0.25) is 0 Å². The fourth-order valence-electron chi connectivity index (χ4n) is 2.95. The lowest BCUT2D eigenvalue weighted by Crippen LogP contribution is -2.30. The molecule has 1 aliphatic heterocycles. The number of benzene rings is 1. The van der Waals surface area contributed by atoms with Gasteiger partial charge in [-0.05, 0) is 49.1 Å². The number of rotatable bonds is 2. The van der Waals surface area contributed by atoms with Crippen LogP contribution < -0.4 is 5.32 Å². The van der Waals surface area contributed by atoms with Gasteiger partial charge in [0.05, 0.1) is 0 Å². The van der Waals surface area contributed by atoms with E-state index in [0.717, 1.165) is 30.3 Å². The smallest absolute Gasteiger partial charge is 0.123 e. The third-order valence-electron chi connectivity index (χ3n) is 3.72. The summed E-state index contributed by atoms with van der Waals surface area (Å²) >= 11 is 0. The summed E-state index contributed by atoms with van der Waals surface area (Å²) in [7, 11) is 0. The third kappa shape index (κ3) is 1.93. The highest BCUT2D eigenvalue weighted by Crippen LogP contribution is 2.33. The predicted octanol–water partition coefficient (Wildman–Crippen LogP) is 3.54. The second kappa shape index (κ2) is 4.39. The molecule has 1 aliphatic rings. The molecule has 18 heavy (non-hydrogen) atoms. The molecule has 0 saturated carbocycles. The number of hydrogen-bond acceptors (Lipinski definition) is 1. The normalized spacial score (nSPS) is 19.4. The Morgan fingerprint density at radius 1 is 1.39 bits per heavy atom. The SMILES string of the molecule is CC(C)CC1NCCc2c1[nH]c1ccc(F)cc21. The van der Waals surface area contributed by atoms with Gasteiger partial charge in [0, 0.05) is 22.6 Å². The molecule has 0 saturated heterocycles. The Morgan fingerprint density at radius 3 is 3.00 bits per heavy atom. The Balaban J connectivity index is 2.09. The molecule has 96 valence electrons. The average Bonchev–Trinajstić information content (AvgIpc) is 2.68. The first-order valence-electron chi connectivity index (χ1n) is 6.68. The van der Waals surface area contributed by atoms with Crippen LogP contribution in [0.25, 0.3) is 10.9 Å². The van der Waals surface area contributed by atoms with Crippen molar-refractivity contribution in [1.29, 1.82) is 0 Å². The van der Waals surface area contributed by atoms with Gasteiger partial charge < -0.3 is 10.3 Å². The van der Waals surface area contributed by atoms with Gasteiger partial charge in [0.2, 0.25) is 0 Å². The van der Waals surface area contributed by atoms with E-state index in [0.29, 0.717) is 12.0 Å². The van der Waals surface area contributed by atoms with Crippen LogP contribution in [0.1, 0.15) is 37.6 Å². The van der Waals surface area contributed by atoms with Crippen molar-refractivity contribution in [3.8, 4) is 0 Å². The summed E-state index contributed by atoms with van der Waals surface area (Å²) in [6, 6.07) is 5.40. The van der Waals surface area contributed by atoms with Crippen molar-refractivity contribution in [1.82, 2.24) is 10.3 Å². The van der Waals surface area contributed by atoms with Gasteiger partial charge in [0.15, 0.2) is 0 Å². The summed E-state index contributed by atoms with van der Waals surface area (Å²) in [5, 5.41) is 4.61. The lowest BCUT2D eigenvalue weighted by molar-refractivity contribution is 0.409. The highest BCUT2D eigenvalue weighted by Gasteiger charge is 2.24. The standard InChI is InChI=1S/C15H19FN2/c1-9(2)7-14-15-11(5-6-17-14)12-8-10(16)3-4-13(12)18-15/h3-4,8-9,14,17-18H,5-7H2,1-2H3. The van der Waals surface area contributed by atoms with E-state index in [1.807, 2.05) is 6.07 Å². The minimum atomic E-state index is -0.150. The summed E-state index contributed by atoms with van der Waals surface area (Å²) in [6.45, 7) is 5.45. The van der Waals surface area contributed by atoms with Crippen LogP contribution in [0.15, 0.2) is 18.2 Å². The number of hydrogen-bond donors (Lipinski definition) is 2. The van der Waals surface area contributed by atoms with Crippen molar-refractivity contribution < 1.29 is 4.39 Å². The van der Waals surface area contributed by atoms with Gasteiger partial charge in [-0.1, -0.05) is 13.8 Å². The molecule has 0 aliphatic carbocycles. The van der Waals surface area contributed by atoms with Crippen molar-refractivity contribution >= 4 is 10.9 Å². The van der Waals surface area contributed by atoms with E-state index in [-0.39, 0.29) is 5.82 Å². The second-order valence-corrected chi connectivity index (χ2v) is 5.59. The van der Waals surface area contributed by atoms with Crippen molar-refractivity contribution in [2.75, 3.05) is 6.54 Å². The van der Waals surface area contributed by atoms with Crippen LogP contribution in [0.4, 0.5) is 4.39 Å². The molecule has 0 fully saturated rings. The van der Waals surface area contributed by atoms with E-state index in [4.69, 9.17) is 0 Å². The molecule has 2 aromatic rings. The van der Waals surface area contributed by atoms with Gasteiger partial charge in [-0.2, -0.15) is 0 Å². The molecule has 0 radical (unpaired) electrons. The third-order valence-corrected chi connectivity index (χ3v) is 3.72. The molecular formula is C15H19FN2. The number of nitrogens with one attached hydrogen (secondary N) is 2. The predicted molar refractivity (Wildman–Crippen MR) is 72.2 cm³/mol. The lowest BCUT2D eigenvalue weighted by Gasteiger charge is -2.25. The van der Waals surface area contributed by atoms with Gasteiger partial charge in [0.1, 0.15) is 5.82 Å². The lowest BCUT2D eigenvalue weighted by atomic mass is 9.93. The summed E-state index contributed by atoms with van der Waals surface area (Å²) in [4.78, 5) is 3.47. The number of aromatic amines is 1. The quantitative estimate of drug-likeness (QED) is 0.833. The summed E-state index contributed by atoms with van der Waals surface area (Å²) in [5.74, 6) is 0.500. The topological polar surface area (TPSA) is 27.8 Å². The zero-order valence-corrected chi connectivity index (χ0v) is 10.9. The molecule has 3 heteroatoms. The van der Waals surface area contributed by atoms with Crippen LogP contribution in [0.5, 0.6) is 0 Å². The molecule has 1 aromatic carbocycles. The van der Waals surface area contributed by atoms with Crippen molar-refractivity contribution in [3.05, 3.63) is 35.3 Å². The van der Waals surface area contributed by atoms with Gasteiger partial charge >= 0.3 is 0 Å². The highest BCUT2D eigenvalue weighted by atomic mass is 19.1. The summed E-state index contributed by atoms with van der Waals surface area (Å²) in [6.07, 6.45) is 2.09. The summed E-state index contributed by atoms with van der Waals surface area (Å²) < 4.78 is 13.4. The van der Waals surface area contributed by atoms with E-state index in [9.17, 15) is 4.39 Å². The Hall–Kier alpha value is -1.35. The van der Waals surface area contributed by atoms with Crippen molar-refractivity contribution in [2.45, 2.75) is 32.7 Å². The highest BCUT2D eigenvalue weighted by molar-refractivity contribution is 5.85. The van der Waals surface area contributed by atoms with E-state index in [2.05, 4.69) is 24.1 Å². The molecule has 0 spiro atoms. The maximum atomic E-state index is 13.4. The number of halogens is 1. The van der Waals surface area contributed by atoms with Crippen LogP contribution in [0, 0.1) is 11.7 Å². The fourth-order valence-corrected chi connectivity index (χ4v) is 2.95. The Labute approximate surface area is 107 Å². The number of H-pyrrole nitrogens is 1. The molecule has 1 unspecified atom stereocenters. The van der Waals surface area contributed by atoms with E-state index in [1.54, 1.807) is 6.07 Å². The Kier molecular flexibility index (Phi) is 2.86. The fraction of sp³-hybridized carbons (Fsp3) is 0.467. The first-order chi connectivity index (χ1) is 8.65. The molecule has 1 atom stereocenters. The molecule has 0 bridgehead atoms. The zero-order chi connectivity index (χ0) is 12.7. The molecule has 2 N–H and O–H groups in total. The molecule has 2 heterocycles. The number of aromatic nitrogens is 1. The van der Waals surface area contributed by atoms with Crippen molar-refractivity contribution in [2.24, 2.45) is 5.92 Å². The van der Waals surface area contributed by atoms with Crippen LogP contribution >= 0.6 is 0 Å². The first-order valence-corrected chi connectivity index (χ1v) is 6.68. The molecular weight excluding hydrogens is 227 g/mol. The monoisotopic (exact) mass is 246 g/mol. The molecule has 1 aromatic heterocycles. The second-order valence-electron chi connectivity index (χ2n) is 5.59. The average molecular weight is 246 g/mol. The molecule has 0 amide bonds. The zero-order valence-electron chi connectivity index (χ0n) is 10.9. The maximum absolute atomic E-state index is 13.4. The maximum Gasteiger partial charge on any atom is 0.123 e. The minimum absolute atomic E-state index is 0.150. The van der Waals surface area contributed by atoms with Gasteiger partial charge in [0.25, 0.3) is 0 Å². The summed E-state index contributed by atoms with van der Waals surface area (Å²) in [5.41, 5.74) is 3.61. The van der Waals surface area contributed by atoms with Gasteiger partial charge in [-0.25, -0.2) is 4.39 Å². The van der Waals surface area contributed by atoms with Crippen LogP contribution in [0.3, 0.4) is 0 Å². The van der Waals surface area contributed by atoms with E-state index in [1.165, 1.54) is 17.3 Å². The van der Waals surface area contributed by atoms with Crippen molar-refractivity contribution in [3.63, 3.8) is 0 Å². The Morgan fingerprint density at radius 2 is 2.22 bits per heavy atom.